The third kappa shape index (κ3) is 3.34. The predicted molar refractivity (Wildman–Crippen MR) is 73.2 cm³/mol. The van der Waals surface area contributed by atoms with Crippen LogP contribution < -0.4 is 0 Å². The van der Waals surface area contributed by atoms with Crippen molar-refractivity contribution in [3.8, 4) is 0 Å². The van der Waals surface area contributed by atoms with Gasteiger partial charge < -0.3 is 4.74 Å². The summed E-state index contributed by atoms with van der Waals surface area (Å²) < 4.78 is 18.8. The number of carbonyl (C=O) groups is 1. The van der Waals surface area contributed by atoms with Crippen molar-refractivity contribution >= 4 is 17.4 Å². The summed E-state index contributed by atoms with van der Waals surface area (Å²) in [7, 11) is 0. The smallest absolute Gasteiger partial charge is 0.164 e. The van der Waals surface area contributed by atoms with Crippen molar-refractivity contribution in [3.05, 3.63) is 34.1 Å². The van der Waals surface area contributed by atoms with Gasteiger partial charge in [-0.25, -0.2) is 4.39 Å². The van der Waals surface area contributed by atoms with Gasteiger partial charge in [-0.3, -0.25) is 4.79 Å². The Hall–Kier alpha value is -0.930. The standard InChI is InChI=1S/C15H18ClFO2/c1-3-19-11-5-10(6-11)7-15(18)12-4-9(2)14(17)8-13(12)16/h4,8,10-11H,3,5-7H2,1-2H3. The van der Waals surface area contributed by atoms with E-state index >= 15 is 0 Å². The number of Topliss-reactive ketones (excluding diaryl/α,β-unsaturated/α-hetero) is 1. The van der Waals surface area contributed by atoms with E-state index in [1.54, 1.807) is 13.0 Å². The summed E-state index contributed by atoms with van der Waals surface area (Å²) >= 11 is 5.93. The average molecular weight is 285 g/mol. The van der Waals surface area contributed by atoms with Gasteiger partial charge in [0.25, 0.3) is 0 Å². The summed E-state index contributed by atoms with van der Waals surface area (Å²) in [4.78, 5) is 12.1. The highest BCUT2D eigenvalue weighted by Crippen LogP contribution is 2.34. The summed E-state index contributed by atoms with van der Waals surface area (Å²) in [6.45, 7) is 4.32. The third-order valence-electron chi connectivity index (χ3n) is 3.62. The molecule has 0 heterocycles. The van der Waals surface area contributed by atoms with Crippen molar-refractivity contribution in [3.63, 3.8) is 0 Å². The molecule has 1 aliphatic rings. The van der Waals surface area contributed by atoms with Crippen LogP contribution in [-0.2, 0) is 4.74 Å². The minimum Gasteiger partial charge on any atom is -0.378 e. The number of ether oxygens (including phenoxy) is 1. The Morgan fingerprint density at radius 2 is 2.16 bits per heavy atom. The molecule has 0 spiro atoms. The summed E-state index contributed by atoms with van der Waals surface area (Å²) in [5, 5.41) is 0.203. The Morgan fingerprint density at radius 1 is 1.47 bits per heavy atom. The van der Waals surface area contributed by atoms with Crippen LogP contribution in [0.2, 0.25) is 5.02 Å². The first kappa shape index (κ1) is 14.5. The van der Waals surface area contributed by atoms with Crippen molar-refractivity contribution in [2.45, 2.75) is 39.2 Å². The molecule has 1 aromatic carbocycles. The number of benzene rings is 1. The minimum absolute atomic E-state index is 0.00644. The van der Waals surface area contributed by atoms with Crippen molar-refractivity contribution in [1.82, 2.24) is 0 Å². The second kappa shape index (κ2) is 6.02. The molecule has 19 heavy (non-hydrogen) atoms. The van der Waals surface area contributed by atoms with E-state index in [2.05, 4.69) is 0 Å². The Balaban J connectivity index is 1.96. The first-order chi connectivity index (χ1) is 9.01. The normalized spacial score (nSPS) is 22.1. The second-order valence-corrected chi connectivity index (χ2v) is 5.53. The lowest BCUT2D eigenvalue weighted by molar-refractivity contribution is -0.0246. The van der Waals surface area contributed by atoms with E-state index in [0.29, 0.717) is 36.2 Å². The lowest BCUT2D eigenvalue weighted by atomic mass is 9.78. The van der Waals surface area contributed by atoms with Crippen molar-refractivity contribution in [2.24, 2.45) is 5.92 Å². The number of hydrogen-bond acceptors (Lipinski definition) is 2. The van der Waals surface area contributed by atoms with Crippen LogP contribution in [0.15, 0.2) is 12.1 Å². The minimum atomic E-state index is -0.374. The summed E-state index contributed by atoms with van der Waals surface area (Å²) in [6, 6.07) is 2.76. The van der Waals surface area contributed by atoms with Crippen LogP contribution in [0.25, 0.3) is 0 Å². The molecule has 0 radical (unpaired) electrons. The molecule has 0 bridgehead atoms. The Bertz CT molecular complexity index is 481. The van der Waals surface area contributed by atoms with Crippen molar-refractivity contribution in [1.29, 1.82) is 0 Å². The summed E-state index contributed by atoms with van der Waals surface area (Å²) in [6.07, 6.45) is 2.62. The lowest BCUT2D eigenvalue weighted by Crippen LogP contribution is -2.32. The van der Waals surface area contributed by atoms with Gasteiger partial charge in [0.2, 0.25) is 0 Å². The van der Waals surface area contributed by atoms with Crippen LogP contribution in [0.4, 0.5) is 4.39 Å². The van der Waals surface area contributed by atoms with Crippen LogP contribution in [0.3, 0.4) is 0 Å². The second-order valence-electron chi connectivity index (χ2n) is 5.12. The molecule has 0 unspecified atom stereocenters. The quantitative estimate of drug-likeness (QED) is 0.758. The van der Waals surface area contributed by atoms with E-state index in [9.17, 15) is 9.18 Å². The van der Waals surface area contributed by atoms with Gasteiger partial charge in [-0.1, -0.05) is 11.6 Å². The van der Waals surface area contributed by atoms with Gasteiger partial charge in [0.1, 0.15) is 5.82 Å². The third-order valence-corrected chi connectivity index (χ3v) is 3.93. The lowest BCUT2D eigenvalue weighted by Gasteiger charge is -2.34. The van der Waals surface area contributed by atoms with Gasteiger partial charge in [0.15, 0.2) is 5.78 Å². The first-order valence-electron chi connectivity index (χ1n) is 6.61. The Kier molecular flexibility index (Phi) is 4.58. The van der Waals surface area contributed by atoms with Crippen LogP contribution in [0.1, 0.15) is 42.1 Å². The van der Waals surface area contributed by atoms with Crippen LogP contribution in [0.5, 0.6) is 0 Å². The fraction of sp³-hybridized carbons (Fsp3) is 0.533. The van der Waals surface area contributed by atoms with E-state index in [1.165, 1.54) is 6.07 Å². The molecule has 1 fully saturated rings. The monoisotopic (exact) mass is 284 g/mol. The number of halogens is 2. The number of ketones is 1. The number of aryl methyl sites for hydroxylation is 1. The Morgan fingerprint density at radius 3 is 2.79 bits per heavy atom. The zero-order valence-electron chi connectivity index (χ0n) is 11.2. The summed E-state index contributed by atoms with van der Waals surface area (Å²) in [5.41, 5.74) is 0.883. The van der Waals surface area contributed by atoms with Crippen LogP contribution in [-0.4, -0.2) is 18.5 Å². The molecule has 0 N–H and O–H groups in total. The molecule has 0 aliphatic heterocycles. The molecule has 1 saturated carbocycles. The fourth-order valence-electron chi connectivity index (χ4n) is 2.46. The van der Waals surface area contributed by atoms with Crippen LogP contribution in [0, 0.1) is 18.7 Å². The number of hydrogen-bond donors (Lipinski definition) is 0. The highest BCUT2D eigenvalue weighted by Gasteiger charge is 2.31. The van der Waals surface area contributed by atoms with Crippen molar-refractivity contribution < 1.29 is 13.9 Å². The molecule has 2 nitrogen and oxygen atoms in total. The van der Waals surface area contributed by atoms with Gasteiger partial charge in [0, 0.05) is 18.6 Å². The maximum absolute atomic E-state index is 13.3. The van der Waals surface area contributed by atoms with E-state index < -0.39 is 0 Å². The van der Waals surface area contributed by atoms with Gasteiger partial charge in [-0.2, -0.15) is 0 Å². The average Bonchev–Trinajstić information content (AvgIpc) is 2.31. The van der Waals surface area contributed by atoms with Gasteiger partial charge in [-0.05, 0) is 50.3 Å². The van der Waals surface area contributed by atoms with E-state index in [0.717, 1.165) is 12.8 Å². The SMILES string of the molecule is CCOC1CC(CC(=O)c2cc(C)c(F)cc2Cl)C1. The van der Waals surface area contributed by atoms with E-state index in [-0.39, 0.29) is 16.6 Å². The molecule has 104 valence electrons. The molecule has 2 rings (SSSR count). The molecular weight excluding hydrogens is 267 g/mol. The largest absolute Gasteiger partial charge is 0.378 e. The molecule has 1 aliphatic carbocycles. The van der Waals surface area contributed by atoms with Gasteiger partial charge in [-0.15, -0.1) is 0 Å². The highest BCUT2D eigenvalue weighted by atomic mass is 35.5. The molecule has 0 amide bonds. The van der Waals surface area contributed by atoms with Crippen molar-refractivity contribution in [2.75, 3.05) is 6.61 Å². The number of carbonyl (C=O) groups excluding carboxylic acids is 1. The fourth-order valence-corrected chi connectivity index (χ4v) is 2.71. The number of rotatable bonds is 5. The maximum Gasteiger partial charge on any atom is 0.164 e. The Labute approximate surface area is 117 Å². The van der Waals surface area contributed by atoms with E-state index in [4.69, 9.17) is 16.3 Å². The van der Waals surface area contributed by atoms with Crippen LogP contribution >= 0.6 is 11.6 Å². The molecule has 0 atom stereocenters. The zero-order chi connectivity index (χ0) is 14.0. The van der Waals surface area contributed by atoms with E-state index in [1.807, 2.05) is 6.92 Å². The summed E-state index contributed by atoms with van der Waals surface area (Å²) in [5.74, 6) is -0.0138. The molecule has 0 aromatic heterocycles. The molecule has 0 saturated heterocycles. The highest BCUT2D eigenvalue weighted by molar-refractivity contribution is 6.34. The predicted octanol–water partition coefficient (Wildman–Crippen LogP) is 4.18. The zero-order valence-corrected chi connectivity index (χ0v) is 12.0. The van der Waals surface area contributed by atoms with Gasteiger partial charge >= 0.3 is 0 Å². The maximum atomic E-state index is 13.3. The first-order valence-corrected chi connectivity index (χ1v) is 6.99. The molecule has 4 heteroatoms. The topological polar surface area (TPSA) is 26.3 Å². The molecule has 1 aromatic rings. The van der Waals surface area contributed by atoms with Gasteiger partial charge in [0.05, 0.1) is 11.1 Å². The molecular formula is C15H18ClFO2.